The number of benzene rings is 2. The molecule has 10 heteroatoms. The van der Waals surface area contributed by atoms with E-state index >= 15 is 0 Å². The number of nitrogens with one attached hydrogen (secondary N) is 2. The Morgan fingerprint density at radius 3 is 2.16 bits per heavy atom. The Labute approximate surface area is 221 Å². The lowest BCUT2D eigenvalue weighted by molar-refractivity contribution is -0.147. The van der Waals surface area contributed by atoms with Gasteiger partial charge in [-0.25, -0.2) is 9.59 Å². The predicted molar refractivity (Wildman–Crippen MR) is 142 cm³/mol. The Balaban J connectivity index is 2.28. The molecule has 3 amide bonds. The molecule has 1 atom stereocenters. The summed E-state index contributed by atoms with van der Waals surface area (Å²) in [5.74, 6) is -5.09. The highest BCUT2D eigenvalue weighted by Crippen LogP contribution is 2.20. The summed E-state index contributed by atoms with van der Waals surface area (Å²) in [5.41, 5.74) is 0.738. The van der Waals surface area contributed by atoms with Crippen molar-refractivity contribution >= 4 is 41.4 Å². The van der Waals surface area contributed by atoms with Crippen LogP contribution in [0.15, 0.2) is 54.6 Å². The minimum absolute atomic E-state index is 0.132. The van der Waals surface area contributed by atoms with Crippen molar-refractivity contribution in [2.75, 3.05) is 5.32 Å². The summed E-state index contributed by atoms with van der Waals surface area (Å²) in [6, 6.07) is 12.3. The number of rotatable bonds is 11. The number of carboxylic acids is 2. The van der Waals surface area contributed by atoms with E-state index in [1.54, 1.807) is 0 Å². The van der Waals surface area contributed by atoms with Crippen molar-refractivity contribution in [1.29, 1.82) is 0 Å². The smallest absolute Gasteiger partial charge is 0.394 e. The van der Waals surface area contributed by atoms with Crippen LogP contribution in [-0.2, 0) is 25.7 Å². The van der Waals surface area contributed by atoms with E-state index in [9.17, 15) is 29.1 Å². The van der Waals surface area contributed by atoms with Crippen molar-refractivity contribution in [3.63, 3.8) is 0 Å². The minimum Gasteiger partial charge on any atom is -0.478 e. The molecule has 0 fully saturated rings. The van der Waals surface area contributed by atoms with Crippen LogP contribution in [0, 0.1) is 5.92 Å². The summed E-state index contributed by atoms with van der Waals surface area (Å²) in [5, 5.41) is 23.2. The number of carboxylic acid groups (broad SMARTS) is 2. The highest BCUT2D eigenvalue weighted by atomic mass is 16.4. The lowest BCUT2D eigenvalue weighted by atomic mass is 9.99. The van der Waals surface area contributed by atoms with Crippen molar-refractivity contribution in [2.24, 2.45) is 5.92 Å². The quantitative estimate of drug-likeness (QED) is 0.260. The molecule has 0 aliphatic rings. The number of carbonyl (C=O) groups excluding carboxylic acids is 3. The van der Waals surface area contributed by atoms with Gasteiger partial charge in [-0.15, -0.1) is 0 Å². The van der Waals surface area contributed by atoms with Gasteiger partial charge in [0.25, 0.3) is 0 Å². The van der Waals surface area contributed by atoms with Crippen LogP contribution in [0.25, 0.3) is 6.08 Å². The van der Waals surface area contributed by atoms with Crippen molar-refractivity contribution in [3.05, 3.63) is 71.3 Å². The van der Waals surface area contributed by atoms with E-state index < -0.39 is 29.8 Å². The zero-order valence-electron chi connectivity index (χ0n) is 21.8. The molecule has 4 N–H and O–H groups in total. The number of carbonyl (C=O) groups is 5. The van der Waals surface area contributed by atoms with Gasteiger partial charge in [0, 0.05) is 18.7 Å². The molecule has 0 heterocycles. The van der Waals surface area contributed by atoms with Crippen LogP contribution in [-0.4, -0.2) is 56.9 Å². The summed E-state index contributed by atoms with van der Waals surface area (Å²) >= 11 is 0. The van der Waals surface area contributed by atoms with Crippen molar-refractivity contribution in [2.45, 2.75) is 52.7 Å². The van der Waals surface area contributed by atoms with Gasteiger partial charge >= 0.3 is 17.8 Å². The summed E-state index contributed by atoms with van der Waals surface area (Å²) in [6.45, 7) is 7.88. The second kappa shape index (κ2) is 13.7. The molecular formula is C28H33N3O7. The molecule has 0 aliphatic heterocycles. The Hall–Kier alpha value is -4.47. The molecule has 0 radical (unpaired) electrons. The number of amides is 3. The maximum Gasteiger partial charge on any atom is 0.394 e. The first-order chi connectivity index (χ1) is 17.9. The molecule has 0 bridgehead atoms. The zero-order chi connectivity index (χ0) is 28.4. The standard InChI is InChI=1S/C28H33N3O7/c1-17(2)14-23(25(33)29-16-20-8-6-5-7-9-20)31(18(3)4)24(32)13-11-19-10-12-22(21(15-19)27(35)36)30-26(34)28(37)38/h5-13,15,17-18,23H,14,16H2,1-4H3,(H,29,33)(H,30,34)(H,35,36)(H,37,38). The third kappa shape index (κ3) is 8.58. The third-order valence-electron chi connectivity index (χ3n) is 5.59. The fourth-order valence-electron chi connectivity index (χ4n) is 3.85. The second-order valence-corrected chi connectivity index (χ2v) is 9.39. The summed E-state index contributed by atoms with van der Waals surface area (Å²) in [6.07, 6.45) is 3.11. The Kier molecular flexibility index (Phi) is 10.8. The molecule has 0 saturated heterocycles. The number of hydrogen-bond acceptors (Lipinski definition) is 5. The van der Waals surface area contributed by atoms with Gasteiger partial charge in [0.15, 0.2) is 0 Å². The van der Waals surface area contributed by atoms with Gasteiger partial charge in [-0.3, -0.25) is 14.4 Å². The first-order valence-electron chi connectivity index (χ1n) is 12.1. The van der Waals surface area contributed by atoms with Crippen molar-refractivity contribution in [3.8, 4) is 0 Å². The van der Waals surface area contributed by atoms with Crippen LogP contribution >= 0.6 is 0 Å². The molecule has 38 heavy (non-hydrogen) atoms. The van der Waals surface area contributed by atoms with Gasteiger partial charge in [0.2, 0.25) is 11.8 Å². The van der Waals surface area contributed by atoms with Crippen LogP contribution in [0.1, 0.15) is 55.6 Å². The summed E-state index contributed by atoms with van der Waals surface area (Å²) in [4.78, 5) is 61.9. The fraction of sp³-hybridized carbons (Fsp3) is 0.321. The maximum absolute atomic E-state index is 13.3. The van der Waals surface area contributed by atoms with Gasteiger partial charge in [0.1, 0.15) is 6.04 Å². The number of hydrogen-bond donors (Lipinski definition) is 4. The highest BCUT2D eigenvalue weighted by Gasteiger charge is 2.31. The highest BCUT2D eigenvalue weighted by molar-refractivity contribution is 6.36. The number of anilines is 1. The first kappa shape index (κ1) is 29.8. The van der Waals surface area contributed by atoms with Crippen LogP contribution < -0.4 is 10.6 Å². The Bertz CT molecular complexity index is 1210. The molecule has 0 spiro atoms. The lowest BCUT2D eigenvalue weighted by Gasteiger charge is -2.34. The number of aromatic carboxylic acids is 1. The summed E-state index contributed by atoms with van der Waals surface area (Å²) in [7, 11) is 0. The van der Waals surface area contributed by atoms with Gasteiger partial charge < -0.3 is 25.7 Å². The van der Waals surface area contributed by atoms with E-state index in [0.29, 0.717) is 18.5 Å². The topological polar surface area (TPSA) is 153 Å². The fourth-order valence-corrected chi connectivity index (χ4v) is 3.85. The minimum atomic E-state index is -1.76. The molecule has 2 aromatic carbocycles. The SMILES string of the molecule is CC(C)CC(C(=O)NCc1ccccc1)N(C(=O)C=Cc1ccc(NC(=O)C(=O)O)c(C(=O)O)c1)C(C)C. The largest absolute Gasteiger partial charge is 0.478 e. The van der Waals surface area contributed by atoms with Crippen LogP contribution in [0.3, 0.4) is 0 Å². The van der Waals surface area contributed by atoms with Crippen molar-refractivity contribution in [1.82, 2.24) is 10.2 Å². The number of nitrogens with zero attached hydrogens (tertiary/aromatic N) is 1. The molecule has 2 rings (SSSR count). The predicted octanol–water partition coefficient (Wildman–Crippen LogP) is 3.39. The zero-order valence-corrected chi connectivity index (χ0v) is 21.8. The van der Waals surface area contributed by atoms with Crippen LogP contribution in [0.2, 0.25) is 0 Å². The maximum atomic E-state index is 13.3. The average molecular weight is 524 g/mol. The second-order valence-electron chi connectivity index (χ2n) is 9.39. The van der Waals surface area contributed by atoms with Crippen molar-refractivity contribution < 1.29 is 34.2 Å². The van der Waals surface area contributed by atoms with Gasteiger partial charge in [-0.05, 0) is 55.5 Å². The van der Waals surface area contributed by atoms with Gasteiger partial charge in [0.05, 0.1) is 11.3 Å². The normalized spacial score (nSPS) is 11.8. The lowest BCUT2D eigenvalue weighted by Crippen LogP contribution is -2.52. The molecule has 1 unspecified atom stereocenters. The van der Waals surface area contributed by atoms with Gasteiger partial charge in [-0.2, -0.15) is 0 Å². The van der Waals surface area contributed by atoms with E-state index in [1.165, 1.54) is 35.3 Å². The van der Waals surface area contributed by atoms with Crippen LogP contribution in [0.4, 0.5) is 5.69 Å². The monoisotopic (exact) mass is 523 g/mol. The molecule has 0 saturated carbocycles. The third-order valence-corrected chi connectivity index (χ3v) is 5.59. The molecule has 10 nitrogen and oxygen atoms in total. The number of aliphatic carboxylic acids is 1. The van der Waals surface area contributed by atoms with Gasteiger partial charge in [-0.1, -0.05) is 50.2 Å². The Morgan fingerprint density at radius 2 is 1.61 bits per heavy atom. The molecule has 202 valence electrons. The van der Waals surface area contributed by atoms with E-state index in [2.05, 4.69) is 5.32 Å². The Morgan fingerprint density at radius 1 is 0.947 bits per heavy atom. The average Bonchev–Trinajstić information content (AvgIpc) is 2.86. The summed E-state index contributed by atoms with van der Waals surface area (Å²) < 4.78 is 0. The van der Waals surface area contributed by atoms with E-state index in [0.717, 1.165) is 5.56 Å². The van der Waals surface area contributed by atoms with E-state index in [1.807, 2.05) is 63.3 Å². The molecular weight excluding hydrogens is 490 g/mol. The molecule has 0 aliphatic carbocycles. The molecule has 2 aromatic rings. The molecule has 0 aromatic heterocycles. The van der Waals surface area contributed by atoms with E-state index in [-0.39, 0.29) is 29.1 Å². The first-order valence-corrected chi connectivity index (χ1v) is 12.1. The van der Waals surface area contributed by atoms with E-state index in [4.69, 9.17) is 5.11 Å². The van der Waals surface area contributed by atoms with Crippen LogP contribution in [0.5, 0.6) is 0 Å².